The highest BCUT2D eigenvalue weighted by Gasteiger charge is 2.34. The Balaban J connectivity index is 2.38. The molecule has 11 heteroatoms. The molecule has 2 aromatic carbocycles. The highest BCUT2D eigenvalue weighted by molar-refractivity contribution is 7.90. The number of methoxy groups -OCH3 is 1. The van der Waals surface area contributed by atoms with Gasteiger partial charge in [0.2, 0.25) is 0 Å². The summed E-state index contributed by atoms with van der Waals surface area (Å²) in [6.07, 6.45) is -4.78. The number of hydrogen-bond donors (Lipinski definition) is 0. The summed E-state index contributed by atoms with van der Waals surface area (Å²) in [4.78, 5) is 11.4. The molecule has 0 spiro atoms. The zero-order valence-corrected chi connectivity index (χ0v) is 15.5. The van der Waals surface area contributed by atoms with Crippen molar-refractivity contribution in [1.82, 2.24) is 3.97 Å². The highest BCUT2D eigenvalue weighted by atomic mass is 35.5. The molecule has 3 rings (SSSR count). The first-order valence-electron chi connectivity index (χ1n) is 7.49. The van der Waals surface area contributed by atoms with Gasteiger partial charge in [-0.2, -0.15) is 13.2 Å². The van der Waals surface area contributed by atoms with Crippen LogP contribution < -0.4 is 0 Å². The first-order valence-corrected chi connectivity index (χ1v) is 9.31. The van der Waals surface area contributed by atoms with E-state index >= 15 is 0 Å². The number of esters is 1. The number of hydrogen-bond acceptors (Lipinski definition) is 4. The molecule has 0 unspecified atom stereocenters. The number of rotatable bonds is 3. The normalized spacial score (nSPS) is 12.4. The van der Waals surface area contributed by atoms with Gasteiger partial charge in [-0.25, -0.2) is 21.6 Å². The average molecular weight is 436 g/mol. The molecule has 3 aromatic rings. The van der Waals surface area contributed by atoms with Crippen LogP contribution in [0.15, 0.2) is 47.4 Å². The number of halogens is 5. The van der Waals surface area contributed by atoms with Gasteiger partial charge in [0.05, 0.1) is 28.1 Å². The third-order valence-electron chi connectivity index (χ3n) is 3.90. The highest BCUT2D eigenvalue weighted by Crippen LogP contribution is 2.36. The predicted molar refractivity (Wildman–Crippen MR) is 92.3 cm³/mol. The number of carbonyl (C=O) groups is 1. The maximum absolute atomic E-state index is 13.6. The lowest BCUT2D eigenvalue weighted by atomic mass is 10.2. The van der Waals surface area contributed by atoms with Gasteiger partial charge in [0.25, 0.3) is 10.0 Å². The van der Waals surface area contributed by atoms with Crippen LogP contribution in [0.4, 0.5) is 17.6 Å². The first kappa shape index (κ1) is 20.2. The molecule has 28 heavy (non-hydrogen) atoms. The summed E-state index contributed by atoms with van der Waals surface area (Å²) >= 11 is 6.07. The van der Waals surface area contributed by atoms with E-state index in [0.717, 1.165) is 37.4 Å². The number of ether oxygens (including phenoxy) is 1. The molecule has 1 aromatic heterocycles. The molecule has 1 heterocycles. The van der Waals surface area contributed by atoms with Crippen LogP contribution in [0.3, 0.4) is 0 Å². The van der Waals surface area contributed by atoms with Crippen molar-refractivity contribution in [1.29, 1.82) is 0 Å². The molecule has 0 atom stereocenters. The molecule has 0 aliphatic rings. The Kier molecular flexibility index (Phi) is 4.88. The lowest BCUT2D eigenvalue weighted by molar-refractivity contribution is -0.137. The van der Waals surface area contributed by atoms with Gasteiger partial charge in [-0.3, -0.25) is 0 Å². The third kappa shape index (κ3) is 3.22. The maximum Gasteiger partial charge on any atom is 0.416 e. The van der Waals surface area contributed by atoms with Crippen molar-refractivity contribution in [3.8, 4) is 0 Å². The molecule has 0 aliphatic carbocycles. The maximum atomic E-state index is 13.6. The van der Waals surface area contributed by atoms with E-state index in [-0.39, 0.29) is 10.9 Å². The van der Waals surface area contributed by atoms with Gasteiger partial charge in [0.15, 0.2) is 5.69 Å². The molecule has 0 N–H and O–H groups in total. The minimum absolute atomic E-state index is 0.113. The molecule has 0 saturated heterocycles. The Bertz CT molecular complexity index is 1200. The van der Waals surface area contributed by atoms with E-state index in [1.807, 2.05) is 0 Å². The molecule has 148 valence electrons. The van der Waals surface area contributed by atoms with Crippen LogP contribution in [0, 0.1) is 5.82 Å². The Labute approximate surface area is 161 Å². The van der Waals surface area contributed by atoms with Crippen LogP contribution in [0.5, 0.6) is 0 Å². The van der Waals surface area contributed by atoms with Crippen molar-refractivity contribution < 1.29 is 35.5 Å². The van der Waals surface area contributed by atoms with Crippen molar-refractivity contribution in [3.05, 3.63) is 64.6 Å². The van der Waals surface area contributed by atoms with Crippen molar-refractivity contribution in [2.24, 2.45) is 0 Å². The van der Waals surface area contributed by atoms with Gasteiger partial charge in [-0.1, -0.05) is 17.7 Å². The molecule has 0 saturated carbocycles. The van der Waals surface area contributed by atoms with Crippen molar-refractivity contribution in [3.63, 3.8) is 0 Å². The second kappa shape index (κ2) is 6.78. The van der Waals surface area contributed by atoms with Gasteiger partial charge in [0.1, 0.15) is 5.82 Å². The van der Waals surface area contributed by atoms with Crippen molar-refractivity contribution >= 4 is 38.5 Å². The first-order chi connectivity index (χ1) is 13.0. The largest absolute Gasteiger partial charge is 0.464 e. The summed E-state index contributed by atoms with van der Waals surface area (Å²) in [5.41, 5.74) is -2.03. The number of carbonyl (C=O) groups excluding carboxylic acids is 1. The van der Waals surface area contributed by atoms with Gasteiger partial charge >= 0.3 is 12.1 Å². The minimum Gasteiger partial charge on any atom is -0.464 e. The fourth-order valence-corrected chi connectivity index (χ4v) is 4.58. The number of benzene rings is 2. The lowest BCUT2D eigenvalue weighted by Crippen LogP contribution is -2.20. The van der Waals surface area contributed by atoms with E-state index in [2.05, 4.69) is 4.74 Å². The summed E-state index contributed by atoms with van der Waals surface area (Å²) in [7, 11) is -3.75. The number of nitrogens with zero attached hydrogens (tertiary/aromatic N) is 1. The van der Waals surface area contributed by atoms with E-state index in [4.69, 9.17) is 11.6 Å². The molecule has 0 aliphatic heterocycles. The lowest BCUT2D eigenvalue weighted by Gasteiger charge is -2.13. The molecular formula is C17H10ClF4NO4S. The van der Waals surface area contributed by atoms with E-state index in [9.17, 15) is 30.8 Å². The summed E-state index contributed by atoms with van der Waals surface area (Å²) in [5.74, 6) is -1.91. The molecule has 0 fully saturated rings. The van der Waals surface area contributed by atoms with Crippen LogP contribution in [-0.2, 0) is 20.9 Å². The molecule has 0 amide bonds. The molecule has 0 radical (unpaired) electrons. The van der Waals surface area contributed by atoms with Crippen LogP contribution in [0.2, 0.25) is 5.02 Å². The molecular weight excluding hydrogens is 426 g/mol. The smallest absolute Gasteiger partial charge is 0.416 e. The summed E-state index contributed by atoms with van der Waals surface area (Å²) in [6.45, 7) is 0. The number of alkyl halides is 3. The fourth-order valence-electron chi connectivity index (χ4n) is 2.66. The Hall–Kier alpha value is -2.59. The molecule has 0 bridgehead atoms. The molecule has 5 nitrogen and oxygen atoms in total. The van der Waals surface area contributed by atoms with Crippen molar-refractivity contribution in [2.75, 3.05) is 7.11 Å². The SMILES string of the molecule is COC(=O)c1c(Cl)c2cc(F)ccc2n1S(=O)(=O)c1cccc(C(F)(F)F)c1. The van der Waals surface area contributed by atoms with Crippen molar-refractivity contribution in [2.45, 2.75) is 11.1 Å². The summed E-state index contributed by atoms with van der Waals surface area (Å²) in [5, 5.41) is -0.519. The zero-order valence-electron chi connectivity index (χ0n) is 13.9. The Morgan fingerprint density at radius 2 is 1.82 bits per heavy atom. The van der Waals surface area contributed by atoms with Gasteiger partial charge in [-0.05, 0) is 36.4 Å². The Morgan fingerprint density at radius 3 is 2.43 bits per heavy atom. The second-order valence-corrected chi connectivity index (χ2v) is 7.78. The van der Waals surface area contributed by atoms with E-state index < -0.39 is 49.2 Å². The topological polar surface area (TPSA) is 65.4 Å². The van der Waals surface area contributed by atoms with E-state index in [1.165, 1.54) is 0 Å². The fraction of sp³-hybridized carbons (Fsp3) is 0.118. The average Bonchev–Trinajstić information content (AvgIpc) is 2.93. The van der Waals surface area contributed by atoms with Gasteiger partial charge < -0.3 is 4.74 Å². The third-order valence-corrected chi connectivity index (χ3v) is 6.00. The van der Waals surface area contributed by atoms with E-state index in [1.54, 1.807) is 0 Å². The van der Waals surface area contributed by atoms with Gasteiger partial charge in [0, 0.05) is 5.39 Å². The monoisotopic (exact) mass is 435 g/mol. The van der Waals surface area contributed by atoms with Crippen LogP contribution in [0.1, 0.15) is 16.1 Å². The summed E-state index contributed by atoms with van der Waals surface area (Å²) in [6, 6.07) is 5.87. The van der Waals surface area contributed by atoms with Crippen LogP contribution in [0.25, 0.3) is 10.9 Å². The Morgan fingerprint density at radius 1 is 1.14 bits per heavy atom. The number of fused-ring (bicyclic) bond motifs is 1. The second-order valence-electron chi connectivity index (χ2n) is 5.61. The standard InChI is InChI=1S/C17H10ClF4NO4S/c1-27-16(24)15-14(18)12-8-10(19)5-6-13(12)23(15)28(25,26)11-4-2-3-9(7-11)17(20,21)22/h2-8H,1H3. The van der Waals surface area contributed by atoms with Gasteiger partial charge in [-0.15, -0.1) is 0 Å². The van der Waals surface area contributed by atoms with E-state index in [0.29, 0.717) is 16.1 Å². The predicted octanol–water partition coefficient (Wildman–Crippen LogP) is 4.48. The summed E-state index contributed by atoms with van der Waals surface area (Å²) < 4.78 is 83.7. The zero-order chi connectivity index (χ0) is 20.9. The minimum atomic E-state index is -4.78. The van der Waals surface area contributed by atoms with Crippen LogP contribution in [-0.4, -0.2) is 25.5 Å². The quantitative estimate of drug-likeness (QED) is 0.449. The number of aromatic nitrogens is 1. The van der Waals surface area contributed by atoms with Crippen LogP contribution >= 0.6 is 11.6 Å².